The van der Waals surface area contributed by atoms with E-state index in [2.05, 4.69) is 72.9 Å². The second-order valence-electron chi connectivity index (χ2n) is 5.58. The van der Waals surface area contributed by atoms with Gasteiger partial charge in [-0.25, -0.2) is 0 Å². The second kappa shape index (κ2) is 7.62. The summed E-state index contributed by atoms with van der Waals surface area (Å²) in [6.07, 6.45) is 2.21. The molecule has 0 saturated carbocycles. The van der Waals surface area contributed by atoms with Gasteiger partial charge >= 0.3 is 0 Å². The first-order valence-electron chi connectivity index (χ1n) is 7.68. The molecule has 0 saturated heterocycles. The van der Waals surface area contributed by atoms with Crippen LogP contribution in [-0.4, -0.2) is 20.1 Å². The molecule has 1 heterocycles. The first-order chi connectivity index (χ1) is 10.2. The fourth-order valence-corrected chi connectivity index (χ4v) is 3.49. The lowest BCUT2D eigenvalue weighted by molar-refractivity contribution is 0.577. The predicted molar refractivity (Wildman–Crippen MR) is 94.4 cm³/mol. The highest BCUT2D eigenvalue weighted by molar-refractivity contribution is 7.09. The highest BCUT2D eigenvalue weighted by Gasteiger charge is 2.12. The Morgan fingerprint density at radius 3 is 2.43 bits per heavy atom. The van der Waals surface area contributed by atoms with E-state index in [1.165, 1.54) is 16.1 Å². The van der Waals surface area contributed by atoms with Gasteiger partial charge in [-0.1, -0.05) is 25.1 Å². The molecule has 0 aliphatic rings. The highest BCUT2D eigenvalue weighted by Crippen LogP contribution is 2.23. The fourth-order valence-electron chi connectivity index (χ4n) is 2.66. The molecule has 3 heteroatoms. The lowest BCUT2D eigenvalue weighted by Gasteiger charge is -2.27. The summed E-state index contributed by atoms with van der Waals surface area (Å²) in [5, 5.41) is 5.51. The summed E-state index contributed by atoms with van der Waals surface area (Å²) in [6.45, 7) is 4.50. The molecule has 1 aromatic heterocycles. The first-order valence-corrected chi connectivity index (χ1v) is 8.56. The van der Waals surface area contributed by atoms with E-state index < -0.39 is 0 Å². The van der Waals surface area contributed by atoms with Crippen molar-refractivity contribution < 1.29 is 0 Å². The molecule has 1 N–H and O–H groups in total. The van der Waals surface area contributed by atoms with Gasteiger partial charge < -0.3 is 10.2 Å². The summed E-state index contributed by atoms with van der Waals surface area (Å²) in [7, 11) is 4.21. The Morgan fingerprint density at radius 1 is 1.19 bits per heavy atom. The zero-order valence-electron chi connectivity index (χ0n) is 13.5. The molecule has 2 nitrogen and oxygen atoms in total. The Bertz CT molecular complexity index is 515. The monoisotopic (exact) mass is 302 g/mol. The van der Waals surface area contributed by atoms with Gasteiger partial charge in [-0.15, -0.1) is 11.3 Å². The lowest BCUT2D eigenvalue weighted by atomic mass is 10.0. The Labute approximate surface area is 132 Å². The molecule has 0 fully saturated rings. The number of hydrogen-bond donors (Lipinski definition) is 1. The van der Waals surface area contributed by atoms with E-state index in [0.29, 0.717) is 12.1 Å². The predicted octanol–water partition coefficient (Wildman–Crippen LogP) is 4.49. The number of rotatable bonds is 7. The summed E-state index contributed by atoms with van der Waals surface area (Å²) in [4.78, 5) is 3.82. The summed E-state index contributed by atoms with van der Waals surface area (Å²) in [5.74, 6) is 0. The van der Waals surface area contributed by atoms with Gasteiger partial charge in [0.1, 0.15) is 0 Å². The van der Waals surface area contributed by atoms with Crippen molar-refractivity contribution in [3.8, 4) is 0 Å². The maximum atomic E-state index is 3.36. The van der Waals surface area contributed by atoms with Crippen LogP contribution in [0.3, 0.4) is 0 Å². The standard InChI is InChI=1S/C18H26N2S/c1-5-18(19-3)15-8-10-16(11-9-15)20(4)14(2)13-17-7-6-12-21-17/h6-12,14,18-19H,5,13H2,1-4H3. The van der Waals surface area contributed by atoms with E-state index in [0.717, 1.165) is 12.8 Å². The van der Waals surface area contributed by atoms with Gasteiger partial charge in [0.25, 0.3) is 0 Å². The summed E-state index contributed by atoms with van der Waals surface area (Å²) < 4.78 is 0. The van der Waals surface area contributed by atoms with Crippen LogP contribution in [0, 0.1) is 0 Å². The molecule has 1 aromatic carbocycles. The number of anilines is 1. The summed E-state index contributed by atoms with van der Waals surface area (Å²) >= 11 is 1.84. The average Bonchev–Trinajstić information content (AvgIpc) is 3.01. The number of hydrogen-bond acceptors (Lipinski definition) is 3. The molecule has 2 atom stereocenters. The maximum Gasteiger partial charge on any atom is 0.0366 e. The molecule has 21 heavy (non-hydrogen) atoms. The van der Waals surface area contributed by atoms with Crippen LogP contribution in [0.15, 0.2) is 41.8 Å². The third-order valence-electron chi connectivity index (χ3n) is 4.20. The number of thiophene rings is 1. The van der Waals surface area contributed by atoms with Gasteiger partial charge in [-0.05, 0) is 49.5 Å². The lowest BCUT2D eigenvalue weighted by Crippen LogP contribution is -2.30. The van der Waals surface area contributed by atoms with Crippen LogP contribution in [0.25, 0.3) is 0 Å². The minimum absolute atomic E-state index is 0.452. The Hall–Kier alpha value is -1.32. The van der Waals surface area contributed by atoms with Crippen molar-refractivity contribution in [3.05, 3.63) is 52.2 Å². The van der Waals surface area contributed by atoms with Crippen LogP contribution in [0.2, 0.25) is 0 Å². The van der Waals surface area contributed by atoms with Crippen molar-refractivity contribution in [1.29, 1.82) is 0 Å². The van der Waals surface area contributed by atoms with Crippen LogP contribution in [0.4, 0.5) is 5.69 Å². The molecular weight excluding hydrogens is 276 g/mol. The zero-order valence-corrected chi connectivity index (χ0v) is 14.3. The Balaban J connectivity index is 2.03. The van der Waals surface area contributed by atoms with Crippen LogP contribution in [-0.2, 0) is 6.42 Å². The number of likely N-dealkylation sites (N-methyl/N-ethyl adjacent to an activating group) is 1. The molecule has 2 unspecified atom stereocenters. The van der Waals surface area contributed by atoms with Crippen molar-refractivity contribution in [2.75, 3.05) is 19.0 Å². The van der Waals surface area contributed by atoms with E-state index in [1.54, 1.807) is 0 Å². The Morgan fingerprint density at radius 2 is 1.90 bits per heavy atom. The second-order valence-corrected chi connectivity index (χ2v) is 6.62. The number of nitrogens with zero attached hydrogens (tertiary/aromatic N) is 1. The van der Waals surface area contributed by atoms with Crippen LogP contribution >= 0.6 is 11.3 Å². The normalized spacial score (nSPS) is 13.9. The Kier molecular flexibility index (Phi) is 5.83. The molecule has 0 amide bonds. The van der Waals surface area contributed by atoms with Gasteiger partial charge in [0, 0.05) is 36.1 Å². The van der Waals surface area contributed by atoms with Gasteiger partial charge in [0.15, 0.2) is 0 Å². The molecule has 0 bridgehead atoms. The minimum atomic E-state index is 0.452. The third-order valence-corrected chi connectivity index (χ3v) is 5.10. The van der Waals surface area contributed by atoms with Crippen molar-refractivity contribution in [2.45, 2.75) is 38.8 Å². The van der Waals surface area contributed by atoms with Gasteiger partial charge in [0.05, 0.1) is 0 Å². The van der Waals surface area contributed by atoms with Crippen molar-refractivity contribution in [2.24, 2.45) is 0 Å². The van der Waals surface area contributed by atoms with E-state index in [-0.39, 0.29) is 0 Å². The van der Waals surface area contributed by atoms with E-state index in [4.69, 9.17) is 0 Å². The van der Waals surface area contributed by atoms with Crippen LogP contribution in [0.1, 0.15) is 36.8 Å². The van der Waals surface area contributed by atoms with E-state index >= 15 is 0 Å². The molecule has 0 radical (unpaired) electrons. The fraction of sp³-hybridized carbons (Fsp3) is 0.444. The largest absolute Gasteiger partial charge is 0.372 e. The molecule has 0 aliphatic carbocycles. The number of nitrogens with one attached hydrogen (secondary N) is 1. The van der Waals surface area contributed by atoms with Crippen molar-refractivity contribution in [1.82, 2.24) is 5.32 Å². The first kappa shape index (κ1) is 16.1. The molecule has 0 spiro atoms. The molecular formula is C18H26N2S. The summed E-state index contributed by atoms with van der Waals surface area (Å²) in [6, 6.07) is 14.3. The maximum absolute atomic E-state index is 3.36. The zero-order chi connectivity index (χ0) is 15.2. The van der Waals surface area contributed by atoms with Gasteiger partial charge in [0.2, 0.25) is 0 Å². The van der Waals surface area contributed by atoms with E-state index in [1.807, 2.05) is 18.4 Å². The molecule has 2 rings (SSSR count). The minimum Gasteiger partial charge on any atom is -0.372 e. The molecule has 114 valence electrons. The van der Waals surface area contributed by atoms with Crippen LogP contribution in [0.5, 0.6) is 0 Å². The third kappa shape index (κ3) is 4.08. The molecule has 0 aliphatic heterocycles. The smallest absolute Gasteiger partial charge is 0.0366 e. The van der Waals surface area contributed by atoms with Crippen LogP contribution < -0.4 is 10.2 Å². The summed E-state index contributed by atoms with van der Waals surface area (Å²) in [5.41, 5.74) is 2.65. The highest BCUT2D eigenvalue weighted by atomic mass is 32.1. The van der Waals surface area contributed by atoms with E-state index in [9.17, 15) is 0 Å². The van der Waals surface area contributed by atoms with Crippen molar-refractivity contribution >= 4 is 17.0 Å². The number of benzene rings is 1. The average molecular weight is 302 g/mol. The SMILES string of the molecule is CCC(NC)c1ccc(N(C)C(C)Cc2cccs2)cc1. The van der Waals surface area contributed by atoms with Gasteiger partial charge in [-0.3, -0.25) is 0 Å². The van der Waals surface area contributed by atoms with Crippen molar-refractivity contribution in [3.63, 3.8) is 0 Å². The molecule has 2 aromatic rings. The topological polar surface area (TPSA) is 15.3 Å². The quantitative estimate of drug-likeness (QED) is 0.811. The van der Waals surface area contributed by atoms with Gasteiger partial charge in [-0.2, -0.15) is 0 Å².